The van der Waals surface area contributed by atoms with E-state index in [9.17, 15) is 4.79 Å². The number of esters is 1. The van der Waals surface area contributed by atoms with E-state index in [1.165, 1.54) is 0 Å². The molecule has 0 bridgehead atoms. The van der Waals surface area contributed by atoms with Crippen LogP contribution in [0.15, 0.2) is 28.7 Å². The zero-order valence-corrected chi connectivity index (χ0v) is 14.5. The highest BCUT2D eigenvalue weighted by molar-refractivity contribution is 14.1. The first kappa shape index (κ1) is 16.0. The average molecular weight is 399 g/mol. The summed E-state index contributed by atoms with van der Waals surface area (Å²) in [5, 5.41) is 0. The number of halogens is 1. The van der Waals surface area contributed by atoms with Crippen LogP contribution in [-0.4, -0.2) is 17.6 Å². The number of nitrogens with zero attached hydrogens (tertiary/aromatic N) is 1. The molecule has 2 rings (SSSR count). The molecule has 0 aliphatic rings. The average Bonchev–Trinajstić information content (AvgIpc) is 2.82. The van der Waals surface area contributed by atoms with Gasteiger partial charge in [-0.1, -0.05) is 26.0 Å². The van der Waals surface area contributed by atoms with Crippen molar-refractivity contribution in [1.29, 1.82) is 0 Å². The van der Waals surface area contributed by atoms with Gasteiger partial charge in [0.25, 0.3) is 0 Å². The van der Waals surface area contributed by atoms with Gasteiger partial charge in [-0.05, 0) is 54.0 Å². The van der Waals surface area contributed by atoms with Crippen molar-refractivity contribution < 1.29 is 13.9 Å². The van der Waals surface area contributed by atoms with Crippen molar-refractivity contribution in [3.05, 3.63) is 39.3 Å². The monoisotopic (exact) mass is 399 g/mol. The largest absolute Gasteiger partial charge is 0.460 e. The Hall–Kier alpha value is -1.37. The predicted molar refractivity (Wildman–Crippen MR) is 89.2 cm³/mol. The molecule has 0 unspecified atom stereocenters. The van der Waals surface area contributed by atoms with Crippen LogP contribution >= 0.6 is 22.6 Å². The van der Waals surface area contributed by atoms with E-state index in [0.717, 1.165) is 9.13 Å². The van der Waals surface area contributed by atoms with E-state index < -0.39 is 5.97 Å². The lowest BCUT2D eigenvalue weighted by Crippen LogP contribution is -2.08. The van der Waals surface area contributed by atoms with E-state index in [-0.39, 0.29) is 5.76 Å². The van der Waals surface area contributed by atoms with E-state index in [0.29, 0.717) is 30.5 Å². The summed E-state index contributed by atoms with van der Waals surface area (Å²) in [6.45, 7) is 6.25. The first-order valence-electron chi connectivity index (χ1n) is 6.94. The molecule has 0 aliphatic heterocycles. The van der Waals surface area contributed by atoms with Crippen molar-refractivity contribution in [3.63, 3.8) is 0 Å². The second kappa shape index (κ2) is 7.06. The van der Waals surface area contributed by atoms with Crippen molar-refractivity contribution in [2.24, 2.45) is 5.92 Å². The molecular formula is C16H18INO3. The van der Waals surface area contributed by atoms with Crippen LogP contribution in [0.5, 0.6) is 0 Å². The second-order valence-corrected chi connectivity index (χ2v) is 6.26. The van der Waals surface area contributed by atoms with Gasteiger partial charge in [0.2, 0.25) is 11.7 Å². The van der Waals surface area contributed by atoms with Crippen LogP contribution in [0, 0.1) is 9.49 Å². The molecule has 1 heterocycles. The molecule has 0 amide bonds. The van der Waals surface area contributed by atoms with Crippen LogP contribution in [0.2, 0.25) is 0 Å². The van der Waals surface area contributed by atoms with E-state index in [1.807, 2.05) is 24.3 Å². The maximum absolute atomic E-state index is 12.0. The van der Waals surface area contributed by atoms with Crippen molar-refractivity contribution in [1.82, 2.24) is 4.98 Å². The molecule has 2 aromatic rings. The summed E-state index contributed by atoms with van der Waals surface area (Å²) in [7, 11) is 0. The fraction of sp³-hybridized carbons (Fsp3) is 0.375. The Labute approximate surface area is 138 Å². The van der Waals surface area contributed by atoms with E-state index in [2.05, 4.69) is 41.4 Å². The summed E-state index contributed by atoms with van der Waals surface area (Å²) in [6, 6.07) is 7.79. The third kappa shape index (κ3) is 3.84. The topological polar surface area (TPSA) is 52.3 Å². The molecule has 112 valence electrons. The SMILES string of the molecule is CCOC(=O)c1oc(-c2ccccc2I)nc1CC(C)C. The Kier molecular flexibility index (Phi) is 5.39. The maximum Gasteiger partial charge on any atom is 0.376 e. The number of ether oxygens (including phenoxy) is 1. The van der Waals surface area contributed by atoms with E-state index >= 15 is 0 Å². The zero-order valence-electron chi connectivity index (χ0n) is 12.4. The number of hydrogen-bond acceptors (Lipinski definition) is 4. The number of aromatic nitrogens is 1. The van der Waals surface area contributed by atoms with Crippen LogP contribution in [-0.2, 0) is 11.2 Å². The minimum Gasteiger partial charge on any atom is -0.460 e. The molecule has 0 atom stereocenters. The molecule has 0 spiro atoms. The molecule has 0 N–H and O–H groups in total. The Morgan fingerprint density at radius 2 is 2.10 bits per heavy atom. The summed E-state index contributed by atoms with van der Waals surface area (Å²) in [6.07, 6.45) is 0.682. The summed E-state index contributed by atoms with van der Waals surface area (Å²) in [5.74, 6) is 0.628. The van der Waals surface area contributed by atoms with Crippen molar-refractivity contribution in [2.75, 3.05) is 6.61 Å². The fourth-order valence-corrected chi connectivity index (χ4v) is 2.60. The lowest BCUT2D eigenvalue weighted by atomic mass is 10.1. The van der Waals surface area contributed by atoms with Gasteiger partial charge in [-0.3, -0.25) is 0 Å². The molecule has 0 radical (unpaired) electrons. The standard InChI is InChI=1S/C16H18INO3/c1-4-20-16(19)14-13(9-10(2)3)18-15(21-14)11-7-5-6-8-12(11)17/h5-8,10H,4,9H2,1-3H3. The number of oxazole rings is 1. The summed E-state index contributed by atoms with van der Waals surface area (Å²) >= 11 is 2.23. The Morgan fingerprint density at radius 1 is 1.38 bits per heavy atom. The Morgan fingerprint density at radius 3 is 2.71 bits per heavy atom. The van der Waals surface area contributed by atoms with Crippen LogP contribution in [0.4, 0.5) is 0 Å². The summed E-state index contributed by atoms with van der Waals surface area (Å²) in [4.78, 5) is 16.5. The third-order valence-corrected chi connectivity index (χ3v) is 3.80. The number of carbonyl (C=O) groups excluding carboxylic acids is 1. The van der Waals surface area contributed by atoms with E-state index in [4.69, 9.17) is 9.15 Å². The minimum atomic E-state index is -0.446. The second-order valence-electron chi connectivity index (χ2n) is 5.09. The highest BCUT2D eigenvalue weighted by Gasteiger charge is 2.23. The maximum atomic E-state index is 12.0. The van der Waals surface area contributed by atoms with Gasteiger partial charge in [0.1, 0.15) is 0 Å². The van der Waals surface area contributed by atoms with Crippen LogP contribution < -0.4 is 0 Å². The van der Waals surface area contributed by atoms with Gasteiger partial charge in [-0.25, -0.2) is 9.78 Å². The minimum absolute atomic E-state index is 0.222. The predicted octanol–water partition coefficient (Wildman–Crippen LogP) is 4.32. The Bertz CT molecular complexity index is 634. The van der Waals surface area contributed by atoms with Gasteiger partial charge in [0.05, 0.1) is 17.9 Å². The van der Waals surface area contributed by atoms with E-state index in [1.54, 1.807) is 6.92 Å². The van der Waals surface area contributed by atoms with Crippen molar-refractivity contribution >= 4 is 28.6 Å². The fourth-order valence-electron chi connectivity index (χ4n) is 1.98. The van der Waals surface area contributed by atoms with Gasteiger partial charge in [0, 0.05) is 3.57 Å². The molecule has 1 aromatic carbocycles. The lowest BCUT2D eigenvalue weighted by Gasteiger charge is -2.02. The zero-order chi connectivity index (χ0) is 15.4. The molecule has 1 aromatic heterocycles. The molecule has 5 heteroatoms. The smallest absolute Gasteiger partial charge is 0.376 e. The van der Waals surface area contributed by atoms with Gasteiger partial charge in [-0.15, -0.1) is 0 Å². The number of benzene rings is 1. The molecule has 4 nitrogen and oxygen atoms in total. The van der Waals surface area contributed by atoms with Gasteiger partial charge < -0.3 is 9.15 Å². The normalized spacial score (nSPS) is 10.9. The number of carbonyl (C=O) groups is 1. The third-order valence-electron chi connectivity index (χ3n) is 2.86. The molecule has 0 aliphatic carbocycles. The molecular weight excluding hydrogens is 381 g/mol. The van der Waals surface area contributed by atoms with Gasteiger partial charge >= 0.3 is 5.97 Å². The molecule has 0 fully saturated rings. The summed E-state index contributed by atoms with van der Waals surface area (Å²) in [5.41, 5.74) is 1.55. The van der Waals surface area contributed by atoms with Crippen LogP contribution in [0.3, 0.4) is 0 Å². The first-order valence-corrected chi connectivity index (χ1v) is 8.02. The van der Waals surface area contributed by atoms with Crippen LogP contribution in [0.1, 0.15) is 37.0 Å². The summed E-state index contributed by atoms with van der Waals surface area (Å²) < 4.78 is 11.8. The van der Waals surface area contributed by atoms with Crippen molar-refractivity contribution in [2.45, 2.75) is 27.2 Å². The number of rotatable bonds is 5. The Balaban J connectivity index is 2.45. The molecule has 21 heavy (non-hydrogen) atoms. The highest BCUT2D eigenvalue weighted by atomic mass is 127. The number of hydrogen-bond donors (Lipinski definition) is 0. The molecule has 0 saturated carbocycles. The molecule has 0 saturated heterocycles. The van der Waals surface area contributed by atoms with Gasteiger partial charge in [-0.2, -0.15) is 0 Å². The quantitative estimate of drug-likeness (QED) is 0.555. The van der Waals surface area contributed by atoms with Crippen LogP contribution in [0.25, 0.3) is 11.5 Å². The van der Waals surface area contributed by atoms with Crippen molar-refractivity contribution in [3.8, 4) is 11.5 Å². The first-order chi connectivity index (χ1) is 10.0. The van der Waals surface area contributed by atoms with Gasteiger partial charge in [0.15, 0.2) is 0 Å². The lowest BCUT2D eigenvalue weighted by molar-refractivity contribution is 0.0489. The highest BCUT2D eigenvalue weighted by Crippen LogP contribution is 2.27.